The third kappa shape index (κ3) is 28.0. The molecule has 0 aliphatic rings. The number of phosphoric ester groups is 1. The van der Waals surface area contributed by atoms with Crippen LogP contribution in [-0.2, 0) is 32.7 Å². The largest absolute Gasteiger partial charge is 0.480 e. The standard InChI is InChI=1S/C32H62NO10P/c1-3-5-6-7-8-9-10-11-12-13-14-15-16-17-18-19-20-21-22-24-30(35)33-29(32(37)38)27-43-44(39,40)42-26-28(34)25-41-31(36)23-4-2/h28-29,34H,3-27H2,1-2H3,(H,33,35)(H,37,38)(H,39,40). The molecule has 0 aromatic carbocycles. The Balaban J connectivity index is 3.81. The van der Waals surface area contributed by atoms with Crippen molar-refractivity contribution in [3.8, 4) is 0 Å². The average molecular weight is 652 g/mol. The second-order valence-electron chi connectivity index (χ2n) is 11.7. The number of amides is 1. The van der Waals surface area contributed by atoms with Crippen LogP contribution in [0.5, 0.6) is 0 Å². The summed E-state index contributed by atoms with van der Waals surface area (Å²) in [5, 5.41) is 21.4. The van der Waals surface area contributed by atoms with Gasteiger partial charge in [0.25, 0.3) is 0 Å². The fourth-order valence-electron chi connectivity index (χ4n) is 4.70. The number of carbonyl (C=O) groups excluding carboxylic acids is 2. The molecule has 44 heavy (non-hydrogen) atoms. The smallest absolute Gasteiger partial charge is 0.472 e. The van der Waals surface area contributed by atoms with Gasteiger partial charge in [0.1, 0.15) is 12.7 Å². The number of aliphatic hydroxyl groups excluding tert-OH is 1. The third-order valence-corrected chi connectivity index (χ3v) is 8.32. The van der Waals surface area contributed by atoms with Gasteiger partial charge in [0.05, 0.1) is 13.2 Å². The first-order valence-corrected chi connectivity index (χ1v) is 18.6. The zero-order valence-corrected chi connectivity index (χ0v) is 28.4. The summed E-state index contributed by atoms with van der Waals surface area (Å²) < 4.78 is 26.1. The van der Waals surface area contributed by atoms with Gasteiger partial charge < -0.3 is 25.2 Å². The molecule has 0 fully saturated rings. The van der Waals surface area contributed by atoms with Crippen molar-refractivity contribution in [2.24, 2.45) is 0 Å². The Hall–Kier alpha value is -1.52. The predicted octanol–water partition coefficient (Wildman–Crippen LogP) is 7.22. The van der Waals surface area contributed by atoms with Crippen molar-refractivity contribution in [1.82, 2.24) is 5.32 Å². The molecule has 0 aliphatic carbocycles. The maximum absolute atomic E-state index is 12.2. The first kappa shape index (κ1) is 42.5. The number of aliphatic carboxylic acids is 1. The molecular weight excluding hydrogens is 589 g/mol. The summed E-state index contributed by atoms with van der Waals surface area (Å²) in [7, 11) is -4.72. The quantitative estimate of drug-likeness (QED) is 0.0331. The second kappa shape index (κ2) is 28.9. The minimum absolute atomic E-state index is 0.152. The van der Waals surface area contributed by atoms with Crippen molar-refractivity contribution < 1.29 is 47.8 Å². The van der Waals surface area contributed by atoms with Crippen LogP contribution < -0.4 is 5.32 Å². The summed E-state index contributed by atoms with van der Waals surface area (Å²) in [6.45, 7) is 2.15. The number of carboxylic acids is 1. The van der Waals surface area contributed by atoms with Gasteiger partial charge in [-0.2, -0.15) is 0 Å². The average Bonchev–Trinajstić information content (AvgIpc) is 2.98. The number of carboxylic acid groups (broad SMARTS) is 1. The summed E-state index contributed by atoms with van der Waals surface area (Å²) >= 11 is 0. The Bertz CT molecular complexity index is 782. The van der Waals surface area contributed by atoms with Crippen LogP contribution in [0.3, 0.4) is 0 Å². The second-order valence-corrected chi connectivity index (χ2v) is 13.2. The number of unbranched alkanes of at least 4 members (excludes halogenated alkanes) is 18. The number of hydrogen-bond donors (Lipinski definition) is 4. The fraction of sp³-hybridized carbons (Fsp3) is 0.906. The summed E-state index contributed by atoms with van der Waals surface area (Å²) in [6.07, 6.45) is 23.3. The molecule has 0 heterocycles. The molecule has 12 heteroatoms. The predicted molar refractivity (Wildman–Crippen MR) is 171 cm³/mol. The van der Waals surface area contributed by atoms with Crippen molar-refractivity contribution in [2.45, 2.75) is 167 Å². The van der Waals surface area contributed by atoms with Crippen molar-refractivity contribution in [1.29, 1.82) is 0 Å². The number of rotatable bonds is 32. The molecule has 3 atom stereocenters. The zero-order valence-electron chi connectivity index (χ0n) is 27.5. The van der Waals surface area contributed by atoms with Crippen molar-refractivity contribution in [3.05, 3.63) is 0 Å². The lowest BCUT2D eigenvalue weighted by molar-refractivity contribution is -0.147. The maximum atomic E-state index is 12.2. The number of hydrogen-bond acceptors (Lipinski definition) is 8. The Kier molecular flexibility index (Phi) is 27.9. The summed E-state index contributed by atoms with van der Waals surface area (Å²) in [6, 6.07) is -1.54. The topological polar surface area (TPSA) is 169 Å². The highest BCUT2D eigenvalue weighted by atomic mass is 31.2. The van der Waals surface area contributed by atoms with Crippen LogP contribution >= 0.6 is 7.82 Å². The molecule has 11 nitrogen and oxygen atoms in total. The Morgan fingerprint density at radius 1 is 0.636 bits per heavy atom. The number of phosphoric acid groups is 1. The highest BCUT2D eigenvalue weighted by Crippen LogP contribution is 2.43. The lowest BCUT2D eigenvalue weighted by Crippen LogP contribution is -2.43. The van der Waals surface area contributed by atoms with Gasteiger partial charge in [-0.15, -0.1) is 0 Å². The monoisotopic (exact) mass is 651 g/mol. The van der Waals surface area contributed by atoms with E-state index >= 15 is 0 Å². The molecular formula is C32H62NO10P. The van der Waals surface area contributed by atoms with Gasteiger partial charge in [-0.3, -0.25) is 18.6 Å². The lowest BCUT2D eigenvalue weighted by Gasteiger charge is -2.18. The lowest BCUT2D eigenvalue weighted by atomic mass is 10.0. The van der Waals surface area contributed by atoms with Gasteiger partial charge in [-0.1, -0.05) is 129 Å². The van der Waals surface area contributed by atoms with Crippen LogP contribution in [-0.4, -0.2) is 64.9 Å². The molecule has 0 aromatic heterocycles. The Morgan fingerprint density at radius 2 is 1.07 bits per heavy atom. The Labute approximate surface area is 265 Å². The van der Waals surface area contributed by atoms with Crippen LogP contribution in [0, 0.1) is 0 Å². The molecule has 0 spiro atoms. The minimum atomic E-state index is -4.72. The molecule has 0 bridgehead atoms. The number of carbonyl (C=O) groups is 3. The number of aliphatic hydroxyl groups is 1. The SMILES string of the molecule is CCCCCCCCCCCCCCCCCCCCCC(=O)NC(COP(=O)(O)OCC(O)COC(=O)CCC)C(=O)O. The van der Waals surface area contributed by atoms with Crippen LogP contribution in [0.25, 0.3) is 0 Å². The van der Waals surface area contributed by atoms with Gasteiger partial charge in [-0.25, -0.2) is 9.36 Å². The molecule has 0 rings (SSSR count). The normalized spacial score (nSPS) is 14.1. The summed E-state index contributed by atoms with van der Waals surface area (Å²) in [4.78, 5) is 44.7. The van der Waals surface area contributed by atoms with E-state index in [-0.39, 0.29) is 12.8 Å². The molecule has 1 amide bonds. The van der Waals surface area contributed by atoms with Crippen LogP contribution in [0.2, 0.25) is 0 Å². The fourth-order valence-corrected chi connectivity index (χ4v) is 5.48. The summed E-state index contributed by atoms with van der Waals surface area (Å²) in [5.41, 5.74) is 0. The van der Waals surface area contributed by atoms with Crippen LogP contribution in [0.4, 0.5) is 0 Å². The third-order valence-electron chi connectivity index (χ3n) is 7.37. The molecule has 0 saturated carbocycles. The summed E-state index contributed by atoms with van der Waals surface area (Å²) in [5.74, 6) is -2.42. The zero-order chi connectivity index (χ0) is 32.9. The van der Waals surface area contributed by atoms with Gasteiger partial charge in [0.15, 0.2) is 6.04 Å². The molecule has 260 valence electrons. The molecule has 0 aromatic rings. The van der Waals surface area contributed by atoms with Gasteiger partial charge in [-0.05, 0) is 12.8 Å². The van der Waals surface area contributed by atoms with E-state index in [9.17, 15) is 34.1 Å². The minimum Gasteiger partial charge on any atom is -0.480 e. The number of esters is 1. The van der Waals surface area contributed by atoms with Crippen LogP contribution in [0.15, 0.2) is 0 Å². The van der Waals surface area contributed by atoms with E-state index in [1.165, 1.54) is 96.3 Å². The number of nitrogens with one attached hydrogen (secondary N) is 1. The first-order valence-electron chi connectivity index (χ1n) is 17.1. The van der Waals surface area contributed by atoms with E-state index < -0.39 is 57.6 Å². The molecule has 4 N–H and O–H groups in total. The highest BCUT2D eigenvalue weighted by molar-refractivity contribution is 7.47. The van der Waals surface area contributed by atoms with Crippen LogP contribution in [0.1, 0.15) is 155 Å². The van der Waals surface area contributed by atoms with E-state index in [0.29, 0.717) is 12.8 Å². The van der Waals surface area contributed by atoms with E-state index in [1.54, 1.807) is 6.92 Å². The highest BCUT2D eigenvalue weighted by Gasteiger charge is 2.28. The van der Waals surface area contributed by atoms with Crippen molar-refractivity contribution in [2.75, 3.05) is 19.8 Å². The van der Waals surface area contributed by atoms with Gasteiger partial charge >= 0.3 is 19.8 Å². The van der Waals surface area contributed by atoms with Crippen molar-refractivity contribution >= 4 is 25.7 Å². The molecule has 0 radical (unpaired) electrons. The number of ether oxygens (including phenoxy) is 1. The molecule has 3 unspecified atom stereocenters. The van der Waals surface area contributed by atoms with Crippen molar-refractivity contribution in [3.63, 3.8) is 0 Å². The van der Waals surface area contributed by atoms with E-state index in [4.69, 9.17) is 4.74 Å². The maximum Gasteiger partial charge on any atom is 0.472 e. The molecule has 0 aliphatic heterocycles. The first-order chi connectivity index (χ1) is 21.1. The Morgan fingerprint density at radius 3 is 1.50 bits per heavy atom. The van der Waals surface area contributed by atoms with Gasteiger partial charge in [0, 0.05) is 12.8 Å². The molecule has 0 saturated heterocycles. The van der Waals surface area contributed by atoms with E-state index in [2.05, 4.69) is 21.3 Å². The van der Waals surface area contributed by atoms with E-state index in [0.717, 1.165) is 19.3 Å². The van der Waals surface area contributed by atoms with Gasteiger partial charge in [0.2, 0.25) is 5.91 Å². The van der Waals surface area contributed by atoms with E-state index in [1.807, 2.05) is 0 Å².